The molecule has 3 rings (SSSR count). The topological polar surface area (TPSA) is 89.5 Å². The maximum Gasteiger partial charge on any atom is 0.264 e. The van der Waals surface area contributed by atoms with Gasteiger partial charge >= 0.3 is 0 Å². The van der Waals surface area contributed by atoms with Gasteiger partial charge in [-0.3, -0.25) is 4.18 Å². The molecule has 3 saturated heterocycles. The molecule has 0 aromatic rings. The monoisotopic (exact) mass is 352 g/mol. The third kappa shape index (κ3) is 3.87. The highest BCUT2D eigenvalue weighted by Crippen LogP contribution is 2.43. The Balaban J connectivity index is 1.76. The van der Waals surface area contributed by atoms with Gasteiger partial charge in [0, 0.05) is 5.92 Å². The van der Waals surface area contributed by atoms with Crippen molar-refractivity contribution in [3.8, 4) is 0 Å². The summed E-state index contributed by atoms with van der Waals surface area (Å²) < 4.78 is 56.7. The van der Waals surface area contributed by atoms with Crippen molar-refractivity contribution < 1.29 is 36.3 Å². The van der Waals surface area contributed by atoms with E-state index in [-0.39, 0.29) is 18.6 Å². The molecule has 0 unspecified atom stereocenters. The number of ether oxygens (including phenoxy) is 5. The Bertz CT molecular complexity index is 557. The molecular formula is C14H24O8S. The molecule has 8 nitrogen and oxygen atoms in total. The predicted octanol–water partition coefficient (Wildman–Crippen LogP) is 0.607. The van der Waals surface area contributed by atoms with Crippen molar-refractivity contribution in [3.63, 3.8) is 0 Å². The number of hydrogen-bond acceptors (Lipinski definition) is 8. The van der Waals surface area contributed by atoms with Gasteiger partial charge in [0.05, 0.1) is 25.6 Å². The van der Waals surface area contributed by atoms with Crippen LogP contribution in [0.4, 0.5) is 0 Å². The van der Waals surface area contributed by atoms with Gasteiger partial charge in [-0.15, -0.1) is 0 Å². The van der Waals surface area contributed by atoms with Crippen LogP contribution >= 0.6 is 0 Å². The summed E-state index contributed by atoms with van der Waals surface area (Å²) in [6.45, 7) is 7.52. The second kappa shape index (κ2) is 5.62. The van der Waals surface area contributed by atoms with Crippen molar-refractivity contribution in [2.45, 2.75) is 63.9 Å². The zero-order valence-electron chi connectivity index (χ0n) is 14.0. The molecule has 0 aliphatic carbocycles. The molecule has 0 radical (unpaired) electrons. The van der Waals surface area contributed by atoms with Gasteiger partial charge in [0.25, 0.3) is 10.1 Å². The van der Waals surface area contributed by atoms with E-state index in [0.29, 0.717) is 6.61 Å². The van der Waals surface area contributed by atoms with E-state index in [1.165, 1.54) is 0 Å². The van der Waals surface area contributed by atoms with E-state index >= 15 is 0 Å². The third-order valence-corrected chi connectivity index (χ3v) is 4.66. The lowest BCUT2D eigenvalue weighted by Crippen LogP contribution is -2.41. The van der Waals surface area contributed by atoms with Gasteiger partial charge in [-0.05, 0) is 27.7 Å². The third-order valence-electron chi connectivity index (χ3n) is 4.09. The van der Waals surface area contributed by atoms with Crippen LogP contribution in [0.2, 0.25) is 0 Å². The van der Waals surface area contributed by atoms with Crippen LogP contribution in [-0.2, 0) is 38.0 Å². The zero-order valence-corrected chi connectivity index (χ0v) is 14.8. The van der Waals surface area contributed by atoms with Gasteiger partial charge in [-0.1, -0.05) is 0 Å². The SMILES string of the molecule is CC1(C)O[C@H]2O[C@H]([C@H]3COC(C)(C)O3)[C@@H](COS(C)(=O)=O)[C@H]2O1. The average Bonchev–Trinajstić information content (AvgIpc) is 2.95. The first-order valence-corrected chi connectivity index (χ1v) is 9.45. The van der Waals surface area contributed by atoms with E-state index in [2.05, 4.69) is 0 Å². The van der Waals surface area contributed by atoms with Crippen LogP contribution in [0.25, 0.3) is 0 Å². The van der Waals surface area contributed by atoms with Crippen molar-refractivity contribution in [1.29, 1.82) is 0 Å². The summed E-state index contributed by atoms with van der Waals surface area (Å²) in [4.78, 5) is 0. The van der Waals surface area contributed by atoms with Crippen LogP contribution in [0.1, 0.15) is 27.7 Å². The van der Waals surface area contributed by atoms with Crippen molar-refractivity contribution in [3.05, 3.63) is 0 Å². The molecule has 0 spiro atoms. The van der Waals surface area contributed by atoms with Gasteiger partial charge in [0.1, 0.15) is 12.2 Å². The molecule has 0 aromatic carbocycles. The first-order valence-electron chi connectivity index (χ1n) is 7.63. The molecule has 3 aliphatic heterocycles. The lowest BCUT2D eigenvalue weighted by Gasteiger charge is -2.28. The van der Waals surface area contributed by atoms with Crippen LogP contribution in [0.15, 0.2) is 0 Å². The van der Waals surface area contributed by atoms with Gasteiger partial charge in [-0.25, -0.2) is 0 Å². The Morgan fingerprint density at radius 3 is 2.30 bits per heavy atom. The smallest absolute Gasteiger partial charge is 0.264 e. The zero-order chi connectivity index (χ0) is 17.0. The van der Waals surface area contributed by atoms with Crippen LogP contribution in [-0.4, -0.2) is 64.1 Å². The summed E-state index contributed by atoms with van der Waals surface area (Å²) in [5.74, 6) is -1.82. The van der Waals surface area contributed by atoms with E-state index in [0.717, 1.165) is 6.26 Å². The molecule has 23 heavy (non-hydrogen) atoms. The first kappa shape index (κ1) is 17.5. The van der Waals surface area contributed by atoms with Crippen LogP contribution < -0.4 is 0 Å². The van der Waals surface area contributed by atoms with Crippen molar-refractivity contribution >= 4 is 10.1 Å². The Kier molecular flexibility index (Phi) is 4.28. The molecule has 0 amide bonds. The van der Waals surface area contributed by atoms with Crippen LogP contribution in [0.3, 0.4) is 0 Å². The molecule has 5 atom stereocenters. The summed E-state index contributed by atoms with van der Waals surface area (Å²) in [7, 11) is -3.56. The molecule has 0 bridgehead atoms. The Morgan fingerprint density at radius 2 is 1.74 bits per heavy atom. The molecule has 0 aromatic heterocycles. The molecule has 9 heteroatoms. The van der Waals surface area contributed by atoms with Gasteiger partial charge < -0.3 is 23.7 Å². The first-order chi connectivity index (χ1) is 10.5. The summed E-state index contributed by atoms with van der Waals surface area (Å²) in [5.41, 5.74) is 0. The second-order valence-electron chi connectivity index (χ2n) is 7.09. The van der Waals surface area contributed by atoms with E-state index in [1.807, 2.05) is 13.8 Å². The maximum absolute atomic E-state index is 11.3. The van der Waals surface area contributed by atoms with Crippen molar-refractivity contribution in [2.24, 2.45) is 5.92 Å². The average molecular weight is 352 g/mol. The predicted molar refractivity (Wildman–Crippen MR) is 77.9 cm³/mol. The molecule has 3 fully saturated rings. The summed E-state index contributed by atoms with van der Waals surface area (Å²) in [5, 5.41) is 0. The van der Waals surface area contributed by atoms with Crippen molar-refractivity contribution in [2.75, 3.05) is 19.5 Å². The Morgan fingerprint density at radius 1 is 1.04 bits per heavy atom. The maximum atomic E-state index is 11.3. The highest BCUT2D eigenvalue weighted by atomic mass is 32.2. The summed E-state index contributed by atoms with van der Waals surface area (Å²) in [6, 6.07) is 0. The normalized spacial score (nSPS) is 42.0. The van der Waals surface area contributed by atoms with Crippen LogP contribution in [0.5, 0.6) is 0 Å². The standard InChI is InChI=1S/C14H24O8S/c1-13(2)17-7-9(20-13)10-8(6-18-23(5,15)16)11-12(19-10)22-14(3,4)21-11/h8-12H,6-7H2,1-5H3/t8-,9-,10+,11-,12-/m1/s1. The largest absolute Gasteiger partial charge is 0.348 e. The fraction of sp³-hybridized carbons (Fsp3) is 1.00. The molecular weight excluding hydrogens is 328 g/mol. The highest BCUT2D eigenvalue weighted by molar-refractivity contribution is 7.85. The second-order valence-corrected chi connectivity index (χ2v) is 8.73. The van der Waals surface area contributed by atoms with Gasteiger partial charge in [0.2, 0.25) is 0 Å². The van der Waals surface area contributed by atoms with Gasteiger partial charge in [0.15, 0.2) is 17.9 Å². The molecule has 0 saturated carbocycles. The lowest BCUT2D eigenvalue weighted by atomic mass is 9.96. The Labute approximate surface area is 136 Å². The number of rotatable bonds is 4. The fourth-order valence-corrected chi connectivity index (χ4v) is 3.63. The quantitative estimate of drug-likeness (QED) is 0.680. The molecule has 134 valence electrons. The van der Waals surface area contributed by atoms with Gasteiger partial charge in [-0.2, -0.15) is 8.42 Å². The minimum atomic E-state index is -3.56. The van der Waals surface area contributed by atoms with E-state index < -0.39 is 40.2 Å². The minimum absolute atomic E-state index is 0.0512. The van der Waals surface area contributed by atoms with E-state index in [4.69, 9.17) is 27.9 Å². The van der Waals surface area contributed by atoms with E-state index in [1.54, 1.807) is 13.8 Å². The fourth-order valence-electron chi connectivity index (χ4n) is 3.23. The Hall–Kier alpha value is -0.290. The summed E-state index contributed by atoms with van der Waals surface area (Å²) >= 11 is 0. The number of fused-ring (bicyclic) bond motifs is 1. The highest BCUT2D eigenvalue weighted by Gasteiger charge is 2.58. The van der Waals surface area contributed by atoms with Crippen molar-refractivity contribution in [1.82, 2.24) is 0 Å². The molecule has 3 heterocycles. The number of hydrogen-bond donors (Lipinski definition) is 0. The lowest BCUT2D eigenvalue weighted by molar-refractivity contribution is -0.228. The summed E-state index contributed by atoms with van der Waals surface area (Å²) in [6.07, 6.45) is -0.730. The van der Waals surface area contributed by atoms with E-state index in [9.17, 15) is 8.42 Å². The molecule has 0 N–H and O–H groups in total. The minimum Gasteiger partial charge on any atom is -0.348 e. The van der Waals surface area contributed by atoms with Crippen LogP contribution in [0, 0.1) is 5.92 Å². The molecule has 3 aliphatic rings.